The Labute approximate surface area is 358 Å². The number of esters is 2. The minimum atomic E-state index is -0.0394. The maximum Gasteiger partial charge on any atom is 0.305 e. The summed E-state index contributed by atoms with van der Waals surface area (Å²) in [5, 5.41) is 0. The monoisotopic (exact) mass is 808 g/mol. The Morgan fingerprint density at radius 3 is 0.702 bits per heavy atom. The molecule has 0 amide bonds. The number of carbonyl (C=O) groups is 2. The Bertz CT molecular complexity index is 684. The van der Waals surface area contributed by atoms with Crippen LogP contribution in [0.3, 0.4) is 0 Å². The molecule has 0 aromatic carbocycles. The van der Waals surface area contributed by atoms with E-state index in [1.54, 1.807) is 0 Å². The Hall–Kier alpha value is -1.10. The molecule has 0 saturated heterocycles. The number of rotatable bonds is 47. The topological polar surface area (TPSA) is 78.6 Å². The molecule has 5 heteroatoms. The molecule has 0 saturated carbocycles. The lowest BCUT2D eigenvalue weighted by Gasteiger charge is -2.07. The molecule has 0 aliphatic heterocycles. The molecule has 0 heterocycles. The fourth-order valence-electron chi connectivity index (χ4n) is 7.63. The van der Waals surface area contributed by atoms with Crippen molar-refractivity contribution < 1.29 is 19.1 Å². The molecule has 5 nitrogen and oxygen atoms in total. The van der Waals surface area contributed by atoms with Crippen molar-refractivity contribution in [2.45, 2.75) is 303 Å². The predicted octanol–water partition coefficient (Wildman–Crippen LogP) is 17.2. The highest BCUT2D eigenvalue weighted by Crippen LogP contribution is 2.16. The first kappa shape index (κ1) is 58.0. The molecule has 0 bridgehead atoms. The average Bonchev–Trinajstić information content (AvgIpc) is 3.21. The van der Waals surface area contributed by atoms with Gasteiger partial charge in [0.15, 0.2) is 0 Å². The first-order valence-corrected chi connectivity index (χ1v) is 26.1. The first-order chi connectivity index (χ1) is 28.1. The van der Waals surface area contributed by atoms with Gasteiger partial charge < -0.3 is 15.2 Å². The number of carbonyl (C=O) groups excluding carboxylic acids is 2. The van der Waals surface area contributed by atoms with E-state index in [9.17, 15) is 9.59 Å². The highest BCUT2D eigenvalue weighted by molar-refractivity contribution is 5.69. The van der Waals surface area contributed by atoms with Crippen LogP contribution in [-0.4, -0.2) is 31.7 Å². The van der Waals surface area contributed by atoms with Crippen molar-refractivity contribution in [1.82, 2.24) is 0 Å². The second kappa shape index (κ2) is 54.9. The molecule has 0 aromatic rings. The van der Waals surface area contributed by atoms with Crippen molar-refractivity contribution >= 4 is 11.9 Å². The zero-order chi connectivity index (χ0) is 41.8. The number of nitrogens with two attached hydrogens (primary N) is 1. The van der Waals surface area contributed by atoms with Gasteiger partial charge in [0.1, 0.15) is 0 Å². The van der Waals surface area contributed by atoms with E-state index in [4.69, 9.17) is 15.2 Å². The molecule has 0 spiro atoms. The molecule has 0 aliphatic rings. The molecule has 0 aliphatic carbocycles. The molecule has 0 radical (unpaired) electrons. The lowest BCUT2D eigenvalue weighted by Crippen LogP contribution is -2.07. The Balaban J connectivity index is 0. The molecule has 57 heavy (non-hydrogen) atoms. The van der Waals surface area contributed by atoms with Gasteiger partial charge in [0.05, 0.1) is 13.2 Å². The second-order valence-electron chi connectivity index (χ2n) is 17.5. The third-order valence-corrected chi connectivity index (χ3v) is 11.6. The molecule has 342 valence electrons. The maximum atomic E-state index is 12.0. The van der Waals surface area contributed by atoms with E-state index in [1.807, 2.05) is 0 Å². The molecule has 0 rings (SSSR count). The van der Waals surface area contributed by atoms with Crippen LogP contribution in [0.25, 0.3) is 0 Å². The number of hydrogen-bond donors (Lipinski definition) is 1. The van der Waals surface area contributed by atoms with Crippen molar-refractivity contribution in [2.75, 3.05) is 19.8 Å². The summed E-state index contributed by atoms with van der Waals surface area (Å²) in [5.41, 5.74) is 5.39. The summed E-state index contributed by atoms with van der Waals surface area (Å²) in [7, 11) is 0. The quantitative estimate of drug-likeness (QED) is 0.0489. The van der Waals surface area contributed by atoms with Crippen molar-refractivity contribution in [1.29, 1.82) is 0 Å². The lowest BCUT2D eigenvalue weighted by atomic mass is 10.0. The van der Waals surface area contributed by atoms with Gasteiger partial charge in [-0.1, -0.05) is 245 Å². The number of hydrogen-bond acceptors (Lipinski definition) is 5. The molecule has 0 unspecified atom stereocenters. The summed E-state index contributed by atoms with van der Waals surface area (Å²) in [6.45, 7) is 8.74. The van der Waals surface area contributed by atoms with Crippen LogP contribution in [0, 0.1) is 0 Å². The van der Waals surface area contributed by atoms with Crippen LogP contribution >= 0.6 is 0 Å². The van der Waals surface area contributed by atoms with Gasteiger partial charge in [-0.25, -0.2) is 0 Å². The Kier molecular flexibility index (Phi) is 55.9. The van der Waals surface area contributed by atoms with E-state index in [0.717, 1.165) is 57.9 Å². The van der Waals surface area contributed by atoms with Crippen LogP contribution in [0.4, 0.5) is 0 Å². The predicted molar refractivity (Wildman–Crippen MR) is 251 cm³/mol. The smallest absolute Gasteiger partial charge is 0.305 e. The average molecular weight is 808 g/mol. The molecule has 0 aromatic heterocycles. The SMILES string of the molecule is CCCCCCCCCCCCCCCCCC(=O)OCCCCCCOC(=O)CCCCCCCCCCCCCCCCC.CCCCCCCCCCN. The van der Waals surface area contributed by atoms with E-state index in [0.29, 0.717) is 26.1 Å². The van der Waals surface area contributed by atoms with Gasteiger partial charge in [0, 0.05) is 12.8 Å². The maximum absolute atomic E-state index is 12.0. The Morgan fingerprint density at radius 2 is 0.474 bits per heavy atom. The summed E-state index contributed by atoms with van der Waals surface area (Å²) in [6, 6.07) is 0. The first-order valence-electron chi connectivity index (χ1n) is 26.1. The van der Waals surface area contributed by atoms with Crippen LogP contribution in [0.5, 0.6) is 0 Å². The van der Waals surface area contributed by atoms with Gasteiger partial charge in [-0.15, -0.1) is 0 Å². The van der Waals surface area contributed by atoms with E-state index >= 15 is 0 Å². The van der Waals surface area contributed by atoms with Gasteiger partial charge in [0.2, 0.25) is 0 Å². The molecular weight excluding hydrogens is 703 g/mol. The summed E-state index contributed by atoms with van der Waals surface area (Å²) < 4.78 is 10.8. The third-order valence-electron chi connectivity index (χ3n) is 11.6. The highest BCUT2D eigenvalue weighted by Gasteiger charge is 2.05. The summed E-state index contributed by atoms with van der Waals surface area (Å²) in [5.74, 6) is -0.0788. The summed E-state index contributed by atoms with van der Waals surface area (Å²) >= 11 is 0. The Morgan fingerprint density at radius 1 is 0.281 bits per heavy atom. The minimum Gasteiger partial charge on any atom is -0.466 e. The molecule has 0 fully saturated rings. The van der Waals surface area contributed by atoms with Gasteiger partial charge >= 0.3 is 11.9 Å². The van der Waals surface area contributed by atoms with Gasteiger partial charge in [0.25, 0.3) is 0 Å². The van der Waals surface area contributed by atoms with Crippen LogP contribution in [0.15, 0.2) is 0 Å². The van der Waals surface area contributed by atoms with Crippen LogP contribution in [-0.2, 0) is 19.1 Å². The molecule has 0 atom stereocenters. The zero-order valence-corrected chi connectivity index (χ0v) is 39.4. The van der Waals surface area contributed by atoms with Gasteiger partial charge in [-0.3, -0.25) is 9.59 Å². The normalized spacial score (nSPS) is 11.1. The van der Waals surface area contributed by atoms with Gasteiger partial charge in [-0.05, 0) is 51.5 Å². The molecule has 2 N–H and O–H groups in total. The van der Waals surface area contributed by atoms with Crippen molar-refractivity contribution in [3.8, 4) is 0 Å². The third kappa shape index (κ3) is 57.0. The fourth-order valence-corrected chi connectivity index (χ4v) is 7.63. The van der Waals surface area contributed by atoms with Crippen molar-refractivity contribution in [3.63, 3.8) is 0 Å². The fraction of sp³-hybridized carbons (Fsp3) is 0.962. The minimum absolute atomic E-state index is 0.0394. The van der Waals surface area contributed by atoms with E-state index < -0.39 is 0 Å². The lowest BCUT2D eigenvalue weighted by molar-refractivity contribution is -0.145. The van der Waals surface area contributed by atoms with E-state index in [2.05, 4.69) is 20.8 Å². The standard InChI is InChI=1S/C42H82O4.C10H23N/c1-3-5-7-9-11-13-15-17-19-21-23-25-27-29-33-37-41(43)45-39-35-31-32-36-40-46-42(44)38-34-30-28-26-24-22-20-18-16-14-12-10-8-6-4-2;1-2-3-4-5-6-7-8-9-10-11/h3-40H2,1-2H3;2-11H2,1H3. The number of unbranched alkanes of at least 4 members (excludes halogenated alkanes) is 38. The van der Waals surface area contributed by atoms with Crippen molar-refractivity contribution in [2.24, 2.45) is 5.73 Å². The largest absolute Gasteiger partial charge is 0.466 e. The van der Waals surface area contributed by atoms with E-state index in [-0.39, 0.29) is 11.9 Å². The van der Waals surface area contributed by atoms with Crippen molar-refractivity contribution in [3.05, 3.63) is 0 Å². The van der Waals surface area contributed by atoms with Crippen LogP contribution < -0.4 is 5.73 Å². The van der Waals surface area contributed by atoms with E-state index in [1.165, 1.54) is 218 Å². The summed E-state index contributed by atoms with van der Waals surface area (Å²) in [6.07, 6.45) is 56.1. The highest BCUT2D eigenvalue weighted by atomic mass is 16.5. The van der Waals surface area contributed by atoms with Gasteiger partial charge in [-0.2, -0.15) is 0 Å². The van der Waals surface area contributed by atoms with Crippen LogP contribution in [0.1, 0.15) is 303 Å². The zero-order valence-electron chi connectivity index (χ0n) is 39.4. The van der Waals surface area contributed by atoms with Crippen LogP contribution in [0.2, 0.25) is 0 Å². The second-order valence-corrected chi connectivity index (χ2v) is 17.5. The molecular formula is C52H105NO4. The number of ether oxygens (including phenoxy) is 2. The summed E-state index contributed by atoms with van der Waals surface area (Å²) in [4.78, 5) is 23.9.